The van der Waals surface area contributed by atoms with Gasteiger partial charge in [-0.05, 0) is 19.1 Å². The molecule has 0 saturated carbocycles. The Kier molecular flexibility index (Phi) is 3.36. The molecule has 0 saturated heterocycles. The van der Waals surface area contributed by atoms with Crippen molar-refractivity contribution in [2.24, 2.45) is 0 Å². The van der Waals surface area contributed by atoms with Crippen molar-refractivity contribution in [2.45, 2.75) is 13.3 Å². The maximum atomic E-state index is 12.1. The van der Waals surface area contributed by atoms with Crippen molar-refractivity contribution in [2.75, 3.05) is 6.61 Å². The number of carbonyl (C=O) groups excluding carboxylic acids is 1. The first-order chi connectivity index (χ1) is 6.15. The maximum absolute atomic E-state index is 12.1. The lowest BCUT2D eigenvalue weighted by atomic mass is 10.4. The summed E-state index contributed by atoms with van der Waals surface area (Å²) in [5.74, 6) is -0.542. The molecular weight excluding hydrogens is 198 g/mol. The molecule has 0 atom stereocenters. The van der Waals surface area contributed by atoms with Crippen LogP contribution in [0.25, 0.3) is 0 Å². The Balaban J connectivity index is 2.73. The summed E-state index contributed by atoms with van der Waals surface area (Å²) in [5.41, 5.74) is 0. The molecule has 0 aliphatic heterocycles. The highest BCUT2D eigenvalue weighted by atomic mass is 32.1. The number of carbonyl (C=O) groups is 1. The van der Waals surface area contributed by atoms with Crippen molar-refractivity contribution >= 4 is 17.3 Å². The zero-order valence-corrected chi connectivity index (χ0v) is 7.74. The third-order valence-corrected chi connectivity index (χ3v) is 2.39. The molecule has 0 aliphatic carbocycles. The first-order valence-electron chi connectivity index (χ1n) is 3.70. The van der Waals surface area contributed by atoms with Crippen molar-refractivity contribution in [3.05, 3.63) is 21.9 Å². The molecule has 13 heavy (non-hydrogen) atoms. The fraction of sp³-hybridized carbons (Fsp3) is 0.375. The van der Waals surface area contributed by atoms with Gasteiger partial charge in [0.2, 0.25) is 0 Å². The quantitative estimate of drug-likeness (QED) is 0.711. The monoisotopic (exact) mass is 206 g/mol. The summed E-state index contributed by atoms with van der Waals surface area (Å²) in [6.07, 6.45) is -2.52. The Hall–Kier alpha value is -0.970. The van der Waals surface area contributed by atoms with E-state index in [4.69, 9.17) is 0 Å². The van der Waals surface area contributed by atoms with Crippen LogP contribution in [0.15, 0.2) is 12.1 Å². The Labute approximate surface area is 78.1 Å². The van der Waals surface area contributed by atoms with Crippen LogP contribution in [0.5, 0.6) is 0 Å². The smallest absolute Gasteiger partial charge is 0.348 e. The van der Waals surface area contributed by atoms with E-state index in [9.17, 15) is 13.6 Å². The lowest BCUT2D eigenvalue weighted by molar-refractivity contribution is 0.0532. The largest absolute Gasteiger partial charge is 0.462 e. The summed E-state index contributed by atoms with van der Waals surface area (Å²) < 4.78 is 28.8. The number of halogens is 2. The summed E-state index contributed by atoms with van der Waals surface area (Å²) in [6, 6.07) is 2.59. The Bertz CT molecular complexity index is 296. The second kappa shape index (κ2) is 4.32. The normalized spacial score (nSPS) is 10.5. The van der Waals surface area contributed by atoms with Gasteiger partial charge in [0.15, 0.2) is 0 Å². The van der Waals surface area contributed by atoms with E-state index in [0.29, 0.717) is 0 Å². The van der Waals surface area contributed by atoms with Gasteiger partial charge in [0, 0.05) is 0 Å². The van der Waals surface area contributed by atoms with E-state index in [1.807, 2.05) is 0 Å². The molecule has 0 N–H and O–H groups in total. The van der Waals surface area contributed by atoms with Gasteiger partial charge >= 0.3 is 5.97 Å². The Morgan fingerprint density at radius 2 is 2.31 bits per heavy atom. The zero-order chi connectivity index (χ0) is 9.84. The lowest BCUT2D eigenvalue weighted by Gasteiger charge is -1.96. The third kappa shape index (κ3) is 2.48. The molecule has 0 radical (unpaired) electrons. The first-order valence-corrected chi connectivity index (χ1v) is 4.51. The number of ether oxygens (including phenoxy) is 1. The fourth-order valence-corrected chi connectivity index (χ4v) is 1.54. The third-order valence-electron chi connectivity index (χ3n) is 1.32. The van der Waals surface area contributed by atoms with Gasteiger partial charge in [-0.15, -0.1) is 11.3 Å². The molecule has 2 nitrogen and oxygen atoms in total. The van der Waals surface area contributed by atoms with Crippen molar-refractivity contribution in [3.8, 4) is 0 Å². The molecule has 0 unspecified atom stereocenters. The first kappa shape index (κ1) is 10.1. The van der Waals surface area contributed by atoms with E-state index in [1.165, 1.54) is 12.1 Å². The van der Waals surface area contributed by atoms with Crippen LogP contribution in [-0.4, -0.2) is 12.6 Å². The molecular formula is C8H8F2O2S. The van der Waals surface area contributed by atoms with Crippen LogP contribution in [0.3, 0.4) is 0 Å². The highest BCUT2D eigenvalue weighted by Crippen LogP contribution is 2.27. The average molecular weight is 206 g/mol. The summed E-state index contributed by atoms with van der Waals surface area (Å²) in [4.78, 5) is 11.1. The van der Waals surface area contributed by atoms with E-state index >= 15 is 0 Å². The van der Waals surface area contributed by atoms with Gasteiger partial charge < -0.3 is 4.74 Å². The summed E-state index contributed by atoms with van der Waals surface area (Å²) in [6.45, 7) is 1.92. The van der Waals surface area contributed by atoms with E-state index in [2.05, 4.69) is 4.74 Å². The van der Waals surface area contributed by atoms with E-state index in [1.54, 1.807) is 6.92 Å². The molecule has 72 valence electrons. The molecule has 0 bridgehead atoms. The molecule has 0 amide bonds. The number of hydrogen-bond donors (Lipinski definition) is 0. The minimum absolute atomic E-state index is 0.108. The highest BCUT2D eigenvalue weighted by Gasteiger charge is 2.14. The molecule has 0 aliphatic rings. The number of hydrogen-bond acceptors (Lipinski definition) is 3. The van der Waals surface area contributed by atoms with Crippen LogP contribution in [-0.2, 0) is 4.74 Å². The topological polar surface area (TPSA) is 26.3 Å². The molecule has 5 heteroatoms. The zero-order valence-electron chi connectivity index (χ0n) is 6.92. The molecule has 0 fully saturated rings. The van der Waals surface area contributed by atoms with Crippen LogP contribution in [0.2, 0.25) is 0 Å². The number of alkyl halides is 2. The van der Waals surface area contributed by atoms with Crippen molar-refractivity contribution < 1.29 is 18.3 Å². The van der Waals surface area contributed by atoms with Crippen molar-refractivity contribution in [3.63, 3.8) is 0 Å². The average Bonchev–Trinajstić information content (AvgIpc) is 2.52. The second-order valence-corrected chi connectivity index (χ2v) is 3.34. The van der Waals surface area contributed by atoms with E-state index < -0.39 is 12.4 Å². The van der Waals surface area contributed by atoms with Crippen LogP contribution in [0.4, 0.5) is 8.78 Å². The standard InChI is InChI=1S/C8H8F2O2S/c1-2-12-8(11)6-4-3-5(13-6)7(9)10/h3-4,7H,2H2,1H3. The van der Waals surface area contributed by atoms with Crippen LogP contribution < -0.4 is 0 Å². The number of thiophene rings is 1. The summed E-state index contributed by atoms with van der Waals surface area (Å²) >= 11 is 0.764. The number of rotatable bonds is 3. The Morgan fingerprint density at radius 3 is 2.77 bits per heavy atom. The molecule has 1 aromatic rings. The minimum atomic E-state index is -2.52. The van der Waals surface area contributed by atoms with Gasteiger partial charge in [-0.1, -0.05) is 0 Å². The SMILES string of the molecule is CCOC(=O)c1ccc(C(F)F)s1. The van der Waals surface area contributed by atoms with Crippen molar-refractivity contribution in [1.29, 1.82) is 0 Å². The van der Waals surface area contributed by atoms with E-state index in [0.717, 1.165) is 11.3 Å². The molecule has 1 rings (SSSR count). The highest BCUT2D eigenvalue weighted by molar-refractivity contribution is 7.14. The van der Waals surface area contributed by atoms with Gasteiger partial charge in [-0.3, -0.25) is 0 Å². The molecule has 1 aromatic heterocycles. The molecule has 0 spiro atoms. The van der Waals surface area contributed by atoms with Crippen LogP contribution in [0.1, 0.15) is 27.9 Å². The summed E-state index contributed by atoms with van der Waals surface area (Å²) in [7, 11) is 0. The second-order valence-electron chi connectivity index (χ2n) is 2.22. The van der Waals surface area contributed by atoms with Gasteiger partial charge in [0.1, 0.15) is 4.88 Å². The molecule has 1 heterocycles. The lowest BCUT2D eigenvalue weighted by Crippen LogP contribution is -2.01. The maximum Gasteiger partial charge on any atom is 0.348 e. The van der Waals surface area contributed by atoms with Gasteiger partial charge in [0.05, 0.1) is 11.5 Å². The summed E-state index contributed by atoms with van der Waals surface area (Å²) in [5, 5.41) is 0. The van der Waals surface area contributed by atoms with Crippen LogP contribution in [0, 0.1) is 0 Å². The predicted molar refractivity (Wildman–Crippen MR) is 45.2 cm³/mol. The van der Waals surface area contributed by atoms with Gasteiger partial charge in [-0.25, -0.2) is 13.6 Å². The number of esters is 1. The Morgan fingerprint density at radius 1 is 1.62 bits per heavy atom. The molecule has 0 aromatic carbocycles. The minimum Gasteiger partial charge on any atom is -0.462 e. The van der Waals surface area contributed by atoms with Gasteiger partial charge in [-0.2, -0.15) is 0 Å². The van der Waals surface area contributed by atoms with Crippen molar-refractivity contribution in [1.82, 2.24) is 0 Å². The van der Waals surface area contributed by atoms with E-state index in [-0.39, 0.29) is 16.4 Å². The van der Waals surface area contributed by atoms with Gasteiger partial charge in [0.25, 0.3) is 6.43 Å². The predicted octanol–water partition coefficient (Wildman–Crippen LogP) is 2.86. The van der Waals surface area contributed by atoms with Crippen LogP contribution >= 0.6 is 11.3 Å². The fourth-order valence-electron chi connectivity index (χ4n) is 0.782.